The Bertz CT molecular complexity index is 192. The Kier molecular flexibility index (Phi) is 0.805. The number of allylic oxidation sites excluding steroid dienone is 1. The van der Waals surface area contributed by atoms with Crippen LogP contribution in [0.2, 0.25) is 0 Å². The second-order valence-corrected chi connectivity index (χ2v) is 4.46. The van der Waals surface area contributed by atoms with E-state index in [1.54, 1.807) is 18.4 Å². The van der Waals surface area contributed by atoms with E-state index in [1.807, 2.05) is 0 Å². The van der Waals surface area contributed by atoms with E-state index < -0.39 is 0 Å². The molecule has 0 radical (unpaired) electrons. The van der Waals surface area contributed by atoms with Crippen LogP contribution in [0.5, 0.6) is 0 Å². The molecule has 0 aliphatic heterocycles. The Morgan fingerprint density at radius 1 is 1.00 bits per heavy atom. The highest BCUT2D eigenvalue weighted by Gasteiger charge is 2.50. The van der Waals surface area contributed by atoms with Gasteiger partial charge in [0.05, 0.1) is 0 Å². The highest BCUT2D eigenvalue weighted by atomic mass is 14.6. The van der Waals surface area contributed by atoms with Gasteiger partial charge in [0.1, 0.15) is 0 Å². The van der Waals surface area contributed by atoms with Crippen molar-refractivity contribution in [2.45, 2.75) is 25.7 Å². The van der Waals surface area contributed by atoms with Crippen LogP contribution in [0.25, 0.3) is 0 Å². The van der Waals surface area contributed by atoms with Crippen molar-refractivity contribution < 1.29 is 0 Å². The van der Waals surface area contributed by atoms with Gasteiger partial charge in [-0.2, -0.15) is 0 Å². The normalized spacial score (nSPS) is 56.6. The van der Waals surface area contributed by atoms with Gasteiger partial charge in [-0.3, -0.25) is 0 Å². The summed E-state index contributed by atoms with van der Waals surface area (Å²) in [6.45, 7) is 4.10. The topological polar surface area (TPSA) is 0 Å². The van der Waals surface area contributed by atoms with Crippen molar-refractivity contribution in [1.82, 2.24) is 0 Å². The molecular weight excluding hydrogens is 120 g/mol. The molecule has 4 unspecified atom stereocenters. The van der Waals surface area contributed by atoms with Crippen LogP contribution in [0.15, 0.2) is 12.2 Å². The summed E-state index contributed by atoms with van der Waals surface area (Å²) in [6.07, 6.45) is 5.98. The minimum Gasteiger partial charge on any atom is -0.0996 e. The second kappa shape index (κ2) is 1.49. The molecule has 0 aromatic rings. The van der Waals surface area contributed by atoms with Crippen LogP contribution in [0.1, 0.15) is 25.7 Å². The van der Waals surface area contributed by atoms with Crippen LogP contribution in [-0.2, 0) is 0 Å². The fraction of sp³-hybridized carbons (Fsp3) is 0.800. The molecule has 0 aromatic carbocycles. The third-order valence-corrected chi connectivity index (χ3v) is 3.85. The van der Waals surface area contributed by atoms with Gasteiger partial charge in [-0.05, 0) is 49.4 Å². The van der Waals surface area contributed by atoms with Crippen LogP contribution >= 0.6 is 0 Å². The molecule has 0 heterocycles. The first-order valence-electron chi connectivity index (χ1n) is 4.52. The predicted molar refractivity (Wildman–Crippen MR) is 41.6 cm³/mol. The molecule has 0 N–H and O–H groups in total. The smallest absolute Gasteiger partial charge is 0.0172 e. The zero-order valence-electron chi connectivity index (χ0n) is 6.34. The summed E-state index contributed by atoms with van der Waals surface area (Å²) in [6, 6.07) is 0. The molecule has 3 saturated carbocycles. The van der Waals surface area contributed by atoms with Gasteiger partial charge >= 0.3 is 0 Å². The second-order valence-electron chi connectivity index (χ2n) is 4.46. The molecule has 3 fully saturated rings. The first kappa shape index (κ1) is 5.40. The van der Waals surface area contributed by atoms with Crippen molar-refractivity contribution in [1.29, 1.82) is 0 Å². The van der Waals surface area contributed by atoms with E-state index in [-0.39, 0.29) is 0 Å². The summed E-state index contributed by atoms with van der Waals surface area (Å²) < 4.78 is 0. The number of fused-ring (bicyclic) bond motifs is 2. The minimum absolute atomic E-state index is 0.976. The van der Waals surface area contributed by atoms with Gasteiger partial charge in [-0.1, -0.05) is 12.2 Å². The lowest BCUT2D eigenvalue weighted by Crippen LogP contribution is -2.32. The van der Waals surface area contributed by atoms with Gasteiger partial charge in [-0.15, -0.1) is 0 Å². The Morgan fingerprint density at radius 3 is 2.50 bits per heavy atom. The Balaban J connectivity index is 1.81. The van der Waals surface area contributed by atoms with E-state index in [2.05, 4.69) is 6.58 Å². The van der Waals surface area contributed by atoms with Crippen molar-refractivity contribution in [3.8, 4) is 0 Å². The molecule has 0 heteroatoms. The first-order chi connectivity index (χ1) is 4.84. The van der Waals surface area contributed by atoms with Gasteiger partial charge in [0.25, 0.3) is 0 Å². The zero-order valence-corrected chi connectivity index (χ0v) is 6.34. The third kappa shape index (κ3) is 0.531. The molecule has 3 rings (SSSR count). The molecule has 3 aliphatic rings. The number of hydrogen-bond acceptors (Lipinski definition) is 0. The molecule has 0 nitrogen and oxygen atoms in total. The lowest BCUT2D eigenvalue weighted by molar-refractivity contribution is 0.185. The fourth-order valence-electron chi connectivity index (χ4n) is 3.01. The van der Waals surface area contributed by atoms with Crippen molar-refractivity contribution in [3.05, 3.63) is 12.2 Å². The lowest BCUT2D eigenvalue weighted by Gasteiger charge is -2.42. The summed E-state index contributed by atoms with van der Waals surface area (Å²) in [5.41, 5.74) is 1.57. The summed E-state index contributed by atoms with van der Waals surface area (Å²) in [5.74, 6) is 4.35. The minimum atomic E-state index is 0.976. The van der Waals surface area contributed by atoms with E-state index in [0.717, 1.165) is 23.7 Å². The monoisotopic (exact) mass is 134 g/mol. The number of hydrogen-bond donors (Lipinski definition) is 0. The molecule has 10 heavy (non-hydrogen) atoms. The zero-order chi connectivity index (χ0) is 6.72. The van der Waals surface area contributed by atoms with Gasteiger partial charge in [0, 0.05) is 0 Å². The summed E-state index contributed by atoms with van der Waals surface area (Å²) in [5, 5.41) is 0. The molecular formula is C10H14. The van der Waals surface area contributed by atoms with Crippen molar-refractivity contribution in [3.63, 3.8) is 0 Å². The van der Waals surface area contributed by atoms with Crippen LogP contribution in [0.4, 0.5) is 0 Å². The van der Waals surface area contributed by atoms with Gasteiger partial charge in [0.15, 0.2) is 0 Å². The first-order valence-corrected chi connectivity index (χ1v) is 4.52. The maximum absolute atomic E-state index is 4.10. The quantitative estimate of drug-likeness (QED) is 0.447. The van der Waals surface area contributed by atoms with E-state index in [1.165, 1.54) is 12.8 Å². The molecule has 54 valence electrons. The third-order valence-electron chi connectivity index (χ3n) is 3.85. The fourth-order valence-corrected chi connectivity index (χ4v) is 3.01. The van der Waals surface area contributed by atoms with Gasteiger partial charge < -0.3 is 0 Å². The Hall–Kier alpha value is -0.260. The molecule has 4 atom stereocenters. The lowest BCUT2D eigenvalue weighted by atomic mass is 9.63. The molecule has 0 amide bonds. The van der Waals surface area contributed by atoms with E-state index in [4.69, 9.17) is 0 Å². The maximum atomic E-state index is 4.10. The predicted octanol–water partition coefficient (Wildman–Crippen LogP) is 2.61. The molecule has 0 spiro atoms. The van der Waals surface area contributed by atoms with E-state index in [0.29, 0.717) is 0 Å². The van der Waals surface area contributed by atoms with Crippen molar-refractivity contribution in [2.75, 3.05) is 0 Å². The van der Waals surface area contributed by atoms with Gasteiger partial charge in [-0.25, -0.2) is 0 Å². The van der Waals surface area contributed by atoms with Crippen LogP contribution < -0.4 is 0 Å². The van der Waals surface area contributed by atoms with Crippen LogP contribution in [0.3, 0.4) is 0 Å². The highest BCUT2D eigenvalue weighted by molar-refractivity contribution is 5.19. The van der Waals surface area contributed by atoms with E-state index >= 15 is 0 Å². The van der Waals surface area contributed by atoms with Crippen LogP contribution in [-0.4, -0.2) is 0 Å². The van der Waals surface area contributed by atoms with Crippen LogP contribution in [0, 0.1) is 23.7 Å². The Labute approximate surface area is 62.3 Å². The highest BCUT2D eigenvalue weighted by Crippen LogP contribution is 2.60. The average Bonchev–Trinajstić information content (AvgIpc) is 2.63. The van der Waals surface area contributed by atoms with Crippen molar-refractivity contribution >= 4 is 0 Å². The SMILES string of the molecule is C=C1CC2CC3CC3CC12. The molecule has 0 aromatic heterocycles. The molecule has 0 bridgehead atoms. The average molecular weight is 134 g/mol. The number of rotatable bonds is 0. The maximum Gasteiger partial charge on any atom is -0.0172 e. The molecule has 3 aliphatic carbocycles. The van der Waals surface area contributed by atoms with E-state index in [9.17, 15) is 0 Å². The van der Waals surface area contributed by atoms with Gasteiger partial charge in [0.2, 0.25) is 0 Å². The van der Waals surface area contributed by atoms with Crippen molar-refractivity contribution in [2.24, 2.45) is 23.7 Å². The summed E-state index contributed by atoms with van der Waals surface area (Å²) >= 11 is 0. The Morgan fingerprint density at radius 2 is 1.70 bits per heavy atom. The largest absolute Gasteiger partial charge is 0.0996 e. The standard InChI is InChI=1S/C10H14/c1-6-2-9-4-7-3-8(7)5-10(6)9/h7-10H,1-5H2. The molecule has 0 saturated heterocycles. The summed E-state index contributed by atoms with van der Waals surface area (Å²) in [7, 11) is 0. The summed E-state index contributed by atoms with van der Waals surface area (Å²) in [4.78, 5) is 0.